The van der Waals surface area contributed by atoms with Gasteiger partial charge in [-0.3, -0.25) is 9.59 Å². The lowest BCUT2D eigenvalue weighted by Crippen LogP contribution is -2.35. The molecule has 1 amide bonds. The first kappa shape index (κ1) is 18.6. The van der Waals surface area contributed by atoms with E-state index in [0.29, 0.717) is 29.4 Å². The van der Waals surface area contributed by atoms with Crippen LogP contribution in [0.3, 0.4) is 0 Å². The Labute approximate surface area is 135 Å². The van der Waals surface area contributed by atoms with Crippen LogP contribution in [0.15, 0.2) is 12.1 Å². The van der Waals surface area contributed by atoms with Crippen molar-refractivity contribution in [2.45, 2.75) is 26.4 Å². The van der Waals surface area contributed by atoms with Gasteiger partial charge in [-0.05, 0) is 31.5 Å². The third-order valence-corrected chi connectivity index (χ3v) is 3.10. The molecule has 1 N–H and O–H groups in total. The Bertz CT molecular complexity index is 532. The molecule has 0 aromatic heterocycles. The number of carbonyl (C=O) groups is 2. The highest BCUT2D eigenvalue weighted by molar-refractivity contribution is 5.84. The molecule has 0 aliphatic heterocycles. The molecule has 0 bridgehead atoms. The monoisotopic (exact) mass is 325 g/mol. The van der Waals surface area contributed by atoms with Crippen LogP contribution < -0.4 is 19.5 Å². The summed E-state index contributed by atoms with van der Waals surface area (Å²) in [5, 5.41) is 2.59. The van der Waals surface area contributed by atoms with Gasteiger partial charge < -0.3 is 24.3 Å². The summed E-state index contributed by atoms with van der Waals surface area (Å²) < 4.78 is 20.8. The fourth-order valence-corrected chi connectivity index (χ4v) is 2.01. The van der Waals surface area contributed by atoms with Gasteiger partial charge in [0.25, 0.3) is 5.91 Å². The topological polar surface area (TPSA) is 83.1 Å². The average molecular weight is 325 g/mol. The quantitative estimate of drug-likeness (QED) is 0.726. The molecule has 23 heavy (non-hydrogen) atoms. The minimum Gasteiger partial charge on any atom is -0.493 e. The van der Waals surface area contributed by atoms with E-state index in [4.69, 9.17) is 18.9 Å². The average Bonchev–Trinajstić information content (AvgIpc) is 2.53. The van der Waals surface area contributed by atoms with Gasteiger partial charge in [0.05, 0.1) is 27.8 Å². The molecule has 1 atom stereocenters. The fourth-order valence-electron chi connectivity index (χ4n) is 2.01. The van der Waals surface area contributed by atoms with Crippen molar-refractivity contribution in [2.75, 3.05) is 27.9 Å². The lowest BCUT2D eigenvalue weighted by atomic mass is 10.1. The number of carbonyl (C=O) groups excluding carboxylic acids is 2. The van der Waals surface area contributed by atoms with Crippen molar-refractivity contribution < 1.29 is 28.5 Å². The lowest BCUT2D eigenvalue weighted by molar-refractivity contribution is -0.154. The van der Waals surface area contributed by atoms with E-state index in [1.54, 1.807) is 19.1 Å². The Morgan fingerprint density at radius 3 is 2.09 bits per heavy atom. The number of ether oxygens (including phenoxy) is 4. The second kappa shape index (κ2) is 8.87. The SMILES string of the molecule is CCNC(=O)[C@@H](C)OC(=O)Cc1cc(OC)c(OC)c(OC)c1. The second-order valence-electron chi connectivity index (χ2n) is 4.74. The normalized spacial score (nSPS) is 11.3. The highest BCUT2D eigenvalue weighted by Crippen LogP contribution is 2.38. The number of nitrogens with one attached hydrogen (secondary N) is 1. The van der Waals surface area contributed by atoms with Gasteiger partial charge in [0.2, 0.25) is 5.75 Å². The van der Waals surface area contributed by atoms with Crippen LogP contribution in [-0.2, 0) is 20.7 Å². The minimum atomic E-state index is -0.843. The third-order valence-electron chi connectivity index (χ3n) is 3.10. The molecule has 7 heteroatoms. The van der Waals surface area contributed by atoms with Gasteiger partial charge in [-0.2, -0.15) is 0 Å². The molecule has 1 rings (SSSR count). The standard InChI is InChI=1S/C16H23NO6/c1-6-17-16(19)10(2)23-14(18)9-11-7-12(20-3)15(22-5)13(8-11)21-4/h7-8,10H,6,9H2,1-5H3,(H,17,19)/t10-/m1/s1. The maximum absolute atomic E-state index is 12.0. The Kier molecular flexibility index (Phi) is 7.18. The highest BCUT2D eigenvalue weighted by Gasteiger charge is 2.19. The summed E-state index contributed by atoms with van der Waals surface area (Å²) in [7, 11) is 4.50. The van der Waals surface area contributed by atoms with Gasteiger partial charge in [-0.1, -0.05) is 0 Å². The maximum Gasteiger partial charge on any atom is 0.311 e. The van der Waals surface area contributed by atoms with E-state index in [0.717, 1.165) is 0 Å². The van der Waals surface area contributed by atoms with Crippen molar-refractivity contribution in [3.05, 3.63) is 17.7 Å². The Hall–Kier alpha value is -2.44. The zero-order chi connectivity index (χ0) is 17.4. The molecule has 128 valence electrons. The zero-order valence-corrected chi connectivity index (χ0v) is 14.1. The zero-order valence-electron chi connectivity index (χ0n) is 14.1. The Morgan fingerprint density at radius 1 is 1.09 bits per heavy atom. The molecule has 0 spiro atoms. The first-order chi connectivity index (χ1) is 11.0. The van der Waals surface area contributed by atoms with Crippen LogP contribution in [0.1, 0.15) is 19.4 Å². The number of esters is 1. The Morgan fingerprint density at radius 2 is 1.65 bits per heavy atom. The molecule has 1 aromatic carbocycles. The maximum atomic E-state index is 12.0. The van der Waals surface area contributed by atoms with E-state index in [9.17, 15) is 9.59 Å². The molecule has 0 unspecified atom stereocenters. The first-order valence-corrected chi connectivity index (χ1v) is 7.22. The second-order valence-corrected chi connectivity index (χ2v) is 4.74. The minimum absolute atomic E-state index is 0.0134. The predicted octanol–water partition coefficient (Wildman–Crippen LogP) is 1.32. The Balaban J connectivity index is 2.84. The van der Waals surface area contributed by atoms with E-state index in [-0.39, 0.29) is 12.3 Å². The van der Waals surface area contributed by atoms with Crippen LogP contribution in [-0.4, -0.2) is 45.9 Å². The van der Waals surface area contributed by atoms with Crippen LogP contribution in [0.5, 0.6) is 17.2 Å². The lowest BCUT2D eigenvalue weighted by Gasteiger charge is -2.15. The van der Waals surface area contributed by atoms with Crippen molar-refractivity contribution >= 4 is 11.9 Å². The van der Waals surface area contributed by atoms with Crippen LogP contribution in [0, 0.1) is 0 Å². The highest BCUT2D eigenvalue weighted by atomic mass is 16.5. The van der Waals surface area contributed by atoms with Gasteiger partial charge in [0.15, 0.2) is 17.6 Å². The number of rotatable bonds is 8. The molecule has 0 aliphatic carbocycles. The van der Waals surface area contributed by atoms with E-state index < -0.39 is 12.1 Å². The molecule has 0 aliphatic rings. The first-order valence-electron chi connectivity index (χ1n) is 7.22. The largest absolute Gasteiger partial charge is 0.493 e. The predicted molar refractivity (Wildman–Crippen MR) is 84.0 cm³/mol. The molecule has 1 aromatic rings. The van der Waals surface area contributed by atoms with Crippen LogP contribution in [0.25, 0.3) is 0 Å². The molecule has 0 saturated carbocycles. The van der Waals surface area contributed by atoms with Gasteiger partial charge in [-0.25, -0.2) is 0 Å². The summed E-state index contributed by atoms with van der Waals surface area (Å²) in [6.07, 6.45) is -0.856. The van der Waals surface area contributed by atoms with Crippen molar-refractivity contribution in [2.24, 2.45) is 0 Å². The number of amides is 1. The van der Waals surface area contributed by atoms with Gasteiger partial charge >= 0.3 is 5.97 Å². The summed E-state index contributed by atoms with van der Waals surface area (Å²) in [6, 6.07) is 3.33. The summed E-state index contributed by atoms with van der Waals surface area (Å²) in [5.41, 5.74) is 0.632. The summed E-state index contributed by atoms with van der Waals surface area (Å²) in [5.74, 6) is 0.504. The molecular weight excluding hydrogens is 302 g/mol. The number of likely N-dealkylation sites (N-methyl/N-ethyl adjacent to an activating group) is 1. The molecule has 0 radical (unpaired) electrons. The molecular formula is C16H23NO6. The van der Waals surface area contributed by atoms with Crippen LogP contribution in [0.2, 0.25) is 0 Å². The van der Waals surface area contributed by atoms with E-state index in [1.165, 1.54) is 28.3 Å². The number of methoxy groups -OCH3 is 3. The fraction of sp³-hybridized carbons (Fsp3) is 0.500. The summed E-state index contributed by atoms with van der Waals surface area (Å²) in [4.78, 5) is 23.5. The number of benzene rings is 1. The van der Waals surface area contributed by atoms with E-state index in [1.807, 2.05) is 0 Å². The van der Waals surface area contributed by atoms with Crippen molar-refractivity contribution in [3.8, 4) is 17.2 Å². The molecule has 0 heterocycles. The number of hydrogen-bond donors (Lipinski definition) is 1. The van der Waals surface area contributed by atoms with Crippen LogP contribution in [0.4, 0.5) is 0 Å². The molecule has 0 fully saturated rings. The van der Waals surface area contributed by atoms with Gasteiger partial charge in [-0.15, -0.1) is 0 Å². The smallest absolute Gasteiger partial charge is 0.311 e. The van der Waals surface area contributed by atoms with Gasteiger partial charge in [0, 0.05) is 6.54 Å². The summed E-state index contributed by atoms with van der Waals surface area (Å²) >= 11 is 0. The summed E-state index contributed by atoms with van der Waals surface area (Å²) in [6.45, 7) is 3.80. The third kappa shape index (κ3) is 5.05. The van der Waals surface area contributed by atoms with Crippen LogP contribution >= 0.6 is 0 Å². The number of hydrogen-bond acceptors (Lipinski definition) is 6. The van der Waals surface area contributed by atoms with Crippen molar-refractivity contribution in [1.29, 1.82) is 0 Å². The van der Waals surface area contributed by atoms with Gasteiger partial charge in [0.1, 0.15) is 0 Å². The van der Waals surface area contributed by atoms with Crippen molar-refractivity contribution in [3.63, 3.8) is 0 Å². The molecule has 7 nitrogen and oxygen atoms in total. The van der Waals surface area contributed by atoms with E-state index in [2.05, 4.69) is 5.32 Å². The molecule has 0 saturated heterocycles. The van der Waals surface area contributed by atoms with Crippen molar-refractivity contribution in [1.82, 2.24) is 5.32 Å². The van der Waals surface area contributed by atoms with E-state index >= 15 is 0 Å².